The Bertz CT molecular complexity index is 625. The molecule has 1 saturated heterocycles. The van der Waals surface area contributed by atoms with Crippen molar-refractivity contribution in [1.29, 1.82) is 0 Å². The summed E-state index contributed by atoms with van der Waals surface area (Å²) >= 11 is 0. The van der Waals surface area contributed by atoms with E-state index >= 15 is 0 Å². The average molecular weight is 359 g/mol. The Kier molecular flexibility index (Phi) is 5.49. The van der Waals surface area contributed by atoms with Crippen LogP contribution in [0.25, 0.3) is 0 Å². The molecule has 140 valence electrons. The highest BCUT2D eigenvalue weighted by molar-refractivity contribution is 5.57. The summed E-state index contributed by atoms with van der Waals surface area (Å²) in [6.45, 7) is 6.65. The second kappa shape index (κ2) is 6.96. The third kappa shape index (κ3) is 4.15. The molecule has 1 aliphatic heterocycles. The zero-order chi connectivity index (χ0) is 18.9. The van der Waals surface area contributed by atoms with Crippen LogP contribution in [0.15, 0.2) is 24.3 Å². The molecule has 2 rings (SSSR count). The number of benzene rings is 1. The van der Waals surface area contributed by atoms with Crippen molar-refractivity contribution in [1.82, 2.24) is 5.32 Å². The first kappa shape index (κ1) is 19.7. The molecule has 0 aliphatic carbocycles. The largest absolute Gasteiger partial charge is 0.514 e. The first-order valence-corrected chi connectivity index (χ1v) is 8.46. The van der Waals surface area contributed by atoms with Gasteiger partial charge in [-0.15, -0.1) is 0 Å². The van der Waals surface area contributed by atoms with Gasteiger partial charge in [-0.2, -0.15) is 18.0 Å². The van der Waals surface area contributed by atoms with E-state index in [2.05, 4.69) is 5.32 Å². The molecule has 0 bridgehead atoms. The fourth-order valence-electron chi connectivity index (χ4n) is 3.61. The minimum Gasteiger partial charge on any atom is -0.435 e. The van der Waals surface area contributed by atoms with Crippen LogP contribution < -0.4 is 5.32 Å². The molecule has 1 amide bonds. The normalized spacial score (nSPS) is 25.0. The number of hydrogen-bond donors (Lipinski definition) is 2. The van der Waals surface area contributed by atoms with Gasteiger partial charge in [0.2, 0.25) is 0 Å². The summed E-state index contributed by atoms with van der Waals surface area (Å²) in [6.07, 6.45) is -3.79. The molecule has 1 aromatic carbocycles. The standard InChI is InChI=1S/C18H25F3N2O2/c1-17(2,3)23(16(24)25)10-6-8-14(12-23)22-11-13-7-4-5-9-15(13)18(19,20)21/h4-5,7,9,14,22H,6,8,10-12H2,1-3H3/p+1/t14-,23?/m0/s1. The van der Waals surface area contributed by atoms with Gasteiger partial charge in [-0.3, -0.25) is 0 Å². The van der Waals surface area contributed by atoms with Crippen LogP contribution >= 0.6 is 0 Å². The lowest BCUT2D eigenvalue weighted by Gasteiger charge is -2.48. The molecule has 2 N–H and O–H groups in total. The van der Waals surface area contributed by atoms with E-state index in [1.807, 2.05) is 20.8 Å². The molecule has 0 spiro atoms. The molecule has 1 heterocycles. The topological polar surface area (TPSA) is 49.3 Å². The van der Waals surface area contributed by atoms with E-state index in [0.717, 1.165) is 18.9 Å². The number of rotatable bonds is 3. The Morgan fingerprint density at radius 3 is 2.48 bits per heavy atom. The quantitative estimate of drug-likeness (QED) is 0.793. The van der Waals surface area contributed by atoms with E-state index in [0.29, 0.717) is 13.1 Å². The fraction of sp³-hybridized carbons (Fsp3) is 0.611. The smallest absolute Gasteiger partial charge is 0.435 e. The predicted octanol–water partition coefficient (Wildman–Crippen LogP) is 4.25. The number of nitrogens with zero attached hydrogens (tertiary/aromatic N) is 1. The number of halogens is 3. The van der Waals surface area contributed by atoms with Crippen molar-refractivity contribution in [2.45, 2.75) is 57.9 Å². The number of nitrogens with one attached hydrogen (secondary N) is 1. The Balaban J connectivity index is 2.14. The molecule has 0 radical (unpaired) electrons. The maximum absolute atomic E-state index is 13.1. The minimum absolute atomic E-state index is 0.0735. The number of alkyl halides is 3. The summed E-state index contributed by atoms with van der Waals surface area (Å²) in [4.78, 5) is 11.9. The highest BCUT2D eigenvalue weighted by Gasteiger charge is 2.50. The van der Waals surface area contributed by atoms with Gasteiger partial charge in [-0.25, -0.2) is 4.48 Å². The number of quaternary nitrogens is 1. The number of hydrogen-bond acceptors (Lipinski definition) is 2. The van der Waals surface area contributed by atoms with Crippen LogP contribution in [-0.4, -0.2) is 40.4 Å². The van der Waals surface area contributed by atoms with Gasteiger partial charge < -0.3 is 10.4 Å². The zero-order valence-electron chi connectivity index (χ0n) is 14.9. The lowest BCUT2D eigenvalue weighted by molar-refractivity contribution is -0.908. The van der Waals surface area contributed by atoms with Gasteiger partial charge in [-0.1, -0.05) is 18.2 Å². The van der Waals surface area contributed by atoms with Crippen molar-refractivity contribution in [3.8, 4) is 0 Å². The van der Waals surface area contributed by atoms with Gasteiger partial charge in [0.25, 0.3) is 0 Å². The number of piperidine rings is 1. The summed E-state index contributed by atoms with van der Waals surface area (Å²) in [5, 5.41) is 12.9. The lowest BCUT2D eigenvalue weighted by atomic mass is 9.93. The molecule has 1 fully saturated rings. The van der Waals surface area contributed by atoms with E-state index < -0.39 is 23.4 Å². The minimum atomic E-state index is -4.39. The fourth-order valence-corrected chi connectivity index (χ4v) is 3.61. The van der Waals surface area contributed by atoms with E-state index in [1.54, 1.807) is 6.07 Å². The highest BCUT2D eigenvalue weighted by Crippen LogP contribution is 2.33. The highest BCUT2D eigenvalue weighted by atomic mass is 19.4. The first-order chi connectivity index (χ1) is 11.5. The van der Waals surface area contributed by atoms with Gasteiger partial charge >= 0.3 is 12.3 Å². The third-order valence-electron chi connectivity index (χ3n) is 5.18. The van der Waals surface area contributed by atoms with Crippen molar-refractivity contribution < 1.29 is 27.6 Å². The monoisotopic (exact) mass is 359 g/mol. The molecule has 0 saturated carbocycles. The van der Waals surface area contributed by atoms with Crippen LogP contribution in [0, 0.1) is 0 Å². The van der Waals surface area contributed by atoms with Gasteiger partial charge in [0, 0.05) is 6.54 Å². The Morgan fingerprint density at radius 2 is 1.92 bits per heavy atom. The maximum atomic E-state index is 13.1. The van der Waals surface area contributed by atoms with Crippen LogP contribution in [0.2, 0.25) is 0 Å². The third-order valence-corrected chi connectivity index (χ3v) is 5.18. The molecular formula is C18H26F3N2O2+. The Labute approximate surface area is 146 Å². The van der Waals surface area contributed by atoms with Crippen molar-refractivity contribution in [3.05, 3.63) is 35.4 Å². The molecule has 1 aromatic rings. The zero-order valence-corrected chi connectivity index (χ0v) is 14.9. The van der Waals surface area contributed by atoms with Crippen LogP contribution in [0.1, 0.15) is 44.7 Å². The number of carboxylic acid groups (broad SMARTS) is 1. The van der Waals surface area contributed by atoms with E-state index in [9.17, 15) is 23.1 Å². The summed E-state index contributed by atoms with van der Waals surface area (Å²) in [5.74, 6) is 0. The second-order valence-corrected chi connectivity index (χ2v) is 7.70. The van der Waals surface area contributed by atoms with E-state index in [4.69, 9.17) is 0 Å². The Morgan fingerprint density at radius 1 is 1.28 bits per heavy atom. The summed E-state index contributed by atoms with van der Waals surface area (Å²) in [6, 6.07) is 5.36. The van der Waals surface area contributed by atoms with Crippen LogP contribution in [0.3, 0.4) is 0 Å². The van der Waals surface area contributed by atoms with Gasteiger partial charge in [-0.05, 0) is 45.2 Å². The van der Waals surface area contributed by atoms with Crippen LogP contribution in [0.4, 0.5) is 18.0 Å². The molecule has 2 atom stereocenters. The molecule has 1 unspecified atom stereocenters. The average Bonchev–Trinajstić information content (AvgIpc) is 2.51. The van der Waals surface area contributed by atoms with Gasteiger partial charge in [0.05, 0.1) is 18.2 Å². The summed E-state index contributed by atoms with van der Waals surface area (Å²) < 4.78 is 39.2. The van der Waals surface area contributed by atoms with E-state index in [1.165, 1.54) is 12.1 Å². The molecular weight excluding hydrogens is 333 g/mol. The number of amides is 1. The van der Waals surface area contributed by atoms with Gasteiger partial charge in [0.1, 0.15) is 12.1 Å². The molecule has 0 aromatic heterocycles. The predicted molar refractivity (Wildman–Crippen MR) is 89.1 cm³/mol. The number of carbonyl (C=O) groups is 1. The molecule has 4 nitrogen and oxygen atoms in total. The summed E-state index contributed by atoms with van der Waals surface area (Å²) in [5.41, 5.74) is -0.936. The SMILES string of the molecule is CC(C)(C)[N+]1(C(=O)O)CCC[C@H](NCc2ccccc2C(F)(F)F)C1. The molecule has 1 aliphatic rings. The molecule has 7 heteroatoms. The van der Waals surface area contributed by atoms with Gasteiger partial charge in [0.15, 0.2) is 0 Å². The Hall–Kier alpha value is -1.60. The second-order valence-electron chi connectivity index (χ2n) is 7.70. The van der Waals surface area contributed by atoms with Crippen molar-refractivity contribution >= 4 is 6.09 Å². The van der Waals surface area contributed by atoms with Crippen molar-refractivity contribution in [3.63, 3.8) is 0 Å². The molecule has 25 heavy (non-hydrogen) atoms. The van der Waals surface area contributed by atoms with Crippen molar-refractivity contribution in [2.24, 2.45) is 0 Å². The van der Waals surface area contributed by atoms with Crippen LogP contribution in [0.5, 0.6) is 0 Å². The first-order valence-electron chi connectivity index (χ1n) is 8.46. The van der Waals surface area contributed by atoms with Crippen LogP contribution in [-0.2, 0) is 12.7 Å². The number of likely N-dealkylation sites (tertiary alicyclic amines) is 1. The van der Waals surface area contributed by atoms with E-state index in [-0.39, 0.29) is 22.6 Å². The maximum Gasteiger partial charge on any atom is 0.514 e. The summed E-state index contributed by atoms with van der Waals surface area (Å²) in [7, 11) is 0. The van der Waals surface area contributed by atoms with Crippen molar-refractivity contribution in [2.75, 3.05) is 13.1 Å². The lowest BCUT2D eigenvalue weighted by Crippen LogP contribution is -2.69.